The fraction of sp³-hybridized carbons (Fsp3) is 0.500. The molecule has 5 nitrogen and oxygen atoms in total. The molecule has 0 aromatic carbocycles. The van der Waals surface area contributed by atoms with Crippen LogP contribution in [0.25, 0.3) is 0 Å². The van der Waals surface area contributed by atoms with Gasteiger partial charge in [0.25, 0.3) is 5.91 Å². The Hall–Kier alpha value is -1.49. The monoisotopic (exact) mass is 207 g/mol. The maximum Gasteiger partial charge on any atom is 0.271 e. The van der Waals surface area contributed by atoms with Crippen molar-refractivity contribution < 1.29 is 9.53 Å². The molecule has 1 aliphatic heterocycles. The highest BCUT2D eigenvalue weighted by atomic mass is 16.5. The van der Waals surface area contributed by atoms with Crippen LogP contribution in [0.2, 0.25) is 0 Å². The SMILES string of the molecule is CC1(CNC(=O)c2cnccn2)COC1. The topological polar surface area (TPSA) is 64.1 Å². The molecular formula is C10H13N3O2. The molecule has 2 rings (SSSR count). The number of rotatable bonds is 3. The first-order chi connectivity index (χ1) is 7.20. The molecule has 1 aromatic heterocycles. The molecule has 0 bridgehead atoms. The molecule has 0 spiro atoms. The summed E-state index contributed by atoms with van der Waals surface area (Å²) in [7, 11) is 0. The lowest BCUT2D eigenvalue weighted by Gasteiger charge is -2.37. The Balaban J connectivity index is 1.88. The quantitative estimate of drug-likeness (QED) is 0.771. The maximum absolute atomic E-state index is 11.6. The minimum absolute atomic E-state index is 0.0812. The van der Waals surface area contributed by atoms with E-state index in [1.54, 1.807) is 0 Å². The summed E-state index contributed by atoms with van der Waals surface area (Å²) < 4.78 is 5.10. The van der Waals surface area contributed by atoms with Gasteiger partial charge in [0.1, 0.15) is 5.69 Å². The summed E-state index contributed by atoms with van der Waals surface area (Å²) in [5.41, 5.74) is 0.430. The van der Waals surface area contributed by atoms with Crippen LogP contribution in [0.15, 0.2) is 18.6 Å². The maximum atomic E-state index is 11.6. The van der Waals surface area contributed by atoms with Crippen molar-refractivity contribution in [3.05, 3.63) is 24.3 Å². The average molecular weight is 207 g/mol. The molecule has 0 saturated carbocycles. The summed E-state index contributed by atoms with van der Waals surface area (Å²) in [5, 5.41) is 2.82. The van der Waals surface area contributed by atoms with Crippen molar-refractivity contribution in [1.82, 2.24) is 15.3 Å². The van der Waals surface area contributed by atoms with E-state index in [2.05, 4.69) is 22.2 Å². The predicted octanol–water partition coefficient (Wildman–Crippen LogP) is 0.243. The summed E-state index contributed by atoms with van der Waals surface area (Å²) in [5.74, 6) is -0.184. The van der Waals surface area contributed by atoms with Gasteiger partial charge in [-0.25, -0.2) is 4.98 Å². The molecular weight excluding hydrogens is 194 g/mol. The highest BCUT2D eigenvalue weighted by Crippen LogP contribution is 2.25. The van der Waals surface area contributed by atoms with Crippen LogP contribution in [0.5, 0.6) is 0 Å². The van der Waals surface area contributed by atoms with Gasteiger partial charge in [-0.15, -0.1) is 0 Å². The van der Waals surface area contributed by atoms with Gasteiger partial charge in [-0.05, 0) is 0 Å². The van der Waals surface area contributed by atoms with E-state index in [4.69, 9.17) is 4.74 Å². The average Bonchev–Trinajstić information content (AvgIpc) is 2.24. The van der Waals surface area contributed by atoms with Crippen molar-refractivity contribution >= 4 is 5.91 Å². The molecule has 1 amide bonds. The third kappa shape index (κ3) is 2.30. The molecule has 15 heavy (non-hydrogen) atoms. The largest absolute Gasteiger partial charge is 0.380 e. The molecule has 1 fully saturated rings. The standard InChI is InChI=1S/C10H13N3O2/c1-10(6-15-7-10)5-13-9(14)8-4-11-2-3-12-8/h2-4H,5-7H2,1H3,(H,13,14). The summed E-state index contributed by atoms with van der Waals surface area (Å²) in [6.07, 6.45) is 4.50. The van der Waals surface area contributed by atoms with Crippen molar-refractivity contribution in [3.63, 3.8) is 0 Å². The molecule has 1 saturated heterocycles. The molecule has 1 aromatic rings. The van der Waals surface area contributed by atoms with Gasteiger partial charge in [0.15, 0.2) is 0 Å². The summed E-state index contributed by atoms with van der Waals surface area (Å²) in [6, 6.07) is 0. The first-order valence-corrected chi connectivity index (χ1v) is 4.82. The number of carbonyl (C=O) groups is 1. The van der Waals surface area contributed by atoms with E-state index in [0.29, 0.717) is 25.5 Å². The first kappa shape index (κ1) is 10.0. The second-order valence-electron chi connectivity index (χ2n) is 4.08. The number of hydrogen-bond acceptors (Lipinski definition) is 4. The van der Waals surface area contributed by atoms with E-state index in [0.717, 1.165) is 0 Å². The Morgan fingerprint density at radius 3 is 2.93 bits per heavy atom. The van der Waals surface area contributed by atoms with E-state index < -0.39 is 0 Å². The van der Waals surface area contributed by atoms with Crippen LogP contribution < -0.4 is 5.32 Å². The van der Waals surface area contributed by atoms with Crippen molar-refractivity contribution in [2.75, 3.05) is 19.8 Å². The summed E-state index contributed by atoms with van der Waals surface area (Å²) >= 11 is 0. The normalized spacial score (nSPS) is 17.9. The molecule has 0 unspecified atom stereocenters. The highest BCUT2D eigenvalue weighted by molar-refractivity contribution is 5.91. The molecule has 0 radical (unpaired) electrons. The second kappa shape index (κ2) is 3.94. The van der Waals surface area contributed by atoms with Gasteiger partial charge in [-0.3, -0.25) is 9.78 Å². The van der Waals surface area contributed by atoms with Crippen molar-refractivity contribution in [3.8, 4) is 0 Å². The third-order valence-electron chi connectivity index (χ3n) is 2.37. The lowest BCUT2D eigenvalue weighted by Crippen LogP contribution is -2.48. The summed E-state index contributed by atoms with van der Waals surface area (Å²) in [6.45, 7) is 4.09. The minimum atomic E-state index is -0.184. The molecule has 0 aliphatic carbocycles. The van der Waals surface area contributed by atoms with Crippen LogP contribution in [-0.2, 0) is 4.74 Å². The van der Waals surface area contributed by atoms with E-state index in [-0.39, 0.29) is 11.3 Å². The van der Waals surface area contributed by atoms with Gasteiger partial charge in [-0.2, -0.15) is 0 Å². The molecule has 5 heteroatoms. The zero-order valence-corrected chi connectivity index (χ0v) is 8.56. The van der Waals surface area contributed by atoms with Crippen molar-refractivity contribution in [1.29, 1.82) is 0 Å². The van der Waals surface area contributed by atoms with E-state index >= 15 is 0 Å². The number of nitrogens with one attached hydrogen (secondary N) is 1. The van der Waals surface area contributed by atoms with Gasteiger partial charge in [0, 0.05) is 24.4 Å². The smallest absolute Gasteiger partial charge is 0.271 e. The van der Waals surface area contributed by atoms with Gasteiger partial charge in [-0.1, -0.05) is 6.92 Å². The van der Waals surface area contributed by atoms with Gasteiger partial charge < -0.3 is 10.1 Å². The molecule has 1 N–H and O–H groups in total. The third-order valence-corrected chi connectivity index (χ3v) is 2.37. The number of nitrogens with zero attached hydrogens (tertiary/aromatic N) is 2. The van der Waals surface area contributed by atoms with Crippen LogP contribution in [0.3, 0.4) is 0 Å². The Labute approximate surface area is 87.9 Å². The van der Waals surface area contributed by atoms with E-state index in [1.165, 1.54) is 18.6 Å². The zero-order valence-electron chi connectivity index (χ0n) is 8.56. The Kier molecular flexibility index (Phi) is 2.64. The van der Waals surface area contributed by atoms with E-state index in [1.807, 2.05) is 0 Å². The number of hydrogen-bond donors (Lipinski definition) is 1. The Morgan fingerprint density at radius 1 is 1.60 bits per heavy atom. The van der Waals surface area contributed by atoms with E-state index in [9.17, 15) is 4.79 Å². The Bertz CT molecular complexity index is 349. The zero-order chi connectivity index (χ0) is 10.7. The lowest BCUT2D eigenvalue weighted by molar-refractivity contribution is -0.0978. The molecule has 1 aliphatic rings. The van der Waals surface area contributed by atoms with Crippen LogP contribution in [-0.4, -0.2) is 35.6 Å². The molecule has 80 valence electrons. The van der Waals surface area contributed by atoms with Gasteiger partial charge in [0.2, 0.25) is 0 Å². The van der Waals surface area contributed by atoms with Crippen LogP contribution in [0.4, 0.5) is 0 Å². The lowest BCUT2D eigenvalue weighted by atomic mass is 9.89. The van der Waals surface area contributed by atoms with Crippen molar-refractivity contribution in [2.24, 2.45) is 5.41 Å². The van der Waals surface area contributed by atoms with Crippen LogP contribution in [0.1, 0.15) is 17.4 Å². The van der Waals surface area contributed by atoms with Crippen molar-refractivity contribution in [2.45, 2.75) is 6.92 Å². The number of ether oxygens (including phenoxy) is 1. The van der Waals surface area contributed by atoms with Crippen LogP contribution >= 0.6 is 0 Å². The minimum Gasteiger partial charge on any atom is -0.380 e. The first-order valence-electron chi connectivity index (χ1n) is 4.82. The van der Waals surface area contributed by atoms with Gasteiger partial charge in [0.05, 0.1) is 19.4 Å². The second-order valence-corrected chi connectivity index (χ2v) is 4.08. The predicted molar refractivity (Wildman–Crippen MR) is 53.3 cm³/mol. The Morgan fingerprint density at radius 2 is 2.40 bits per heavy atom. The molecule has 0 atom stereocenters. The van der Waals surface area contributed by atoms with Gasteiger partial charge >= 0.3 is 0 Å². The number of amides is 1. The molecule has 2 heterocycles. The number of carbonyl (C=O) groups excluding carboxylic acids is 1. The number of aromatic nitrogens is 2. The highest BCUT2D eigenvalue weighted by Gasteiger charge is 2.33. The summed E-state index contributed by atoms with van der Waals surface area (Å²) in [4.78, 5) is 19.3. The fourth-order valence-corrected chi connectivity index (χ4v) is 1.35. The van der Waals surface area contributed by atoms with Crippen LogP contribution in [0, 0.1) is 5.41 Å². The fourth-order valence-electron chi connectivity index (χ4n) is 1.35.